The van der Waals surface area contributed by atoms with Crippen molar-refractivity contribution in [2.24, 2.45) is 5.92 Å². The lowest BCUT2D eigenvalue weighted by molar-refractivity contribution is -0.361. The van der Waals surface area contributed by atoms with Gasteiger partial charge in [0.15, 0.2) is 12.6 Å². The molecule has 15 nitrogen and oxygen atoms in total. The minimum atomic E-state index is -1.85. The van der Waals surface area contributed by atoms with Crippen LogP contribution >= 0.6 is 0 Å². The monoisotopic (exact) mass is 502 g/mol. The molecule has 0 unspecified atom stereocenters. The summed E-state index contributed by atoms with van der Waals surface area (Å²) in [6.07, 6.45) is -22.4. The molecule has 0 radical (unpaired) electrons. The maximum Gasteiger partial charge on any atom is 0.187 e. The fourth-order valence-electron chi connectivity index (χ4n) is 4.52. The highest BCUT2D eigenvalue weighted by Gasteiger charge is 2.52. The Bertz CT molecular complexity index is 635. The molecule has 34 heavy (non-hydrogen) atoms. The van der Waals surface area contributed by atoms with Crippen LogP contribution in [0.1, 0.15) is 6.42 Å². The minimum Gasteiger partial charge on any atom is -0.396 e. The molecule has 3 rings (SSSR count). The summed E-state index contributed by atoms with van der Waals surface area (Å²) in [7, 11) is 0. The van der Waals surface area contributed by atoms with E-state index in [0.29, 0.717) is 0 Å². The number of rotatable bonds is 7. The maximum absolute atomic E-state index is 10.7. The van der Waals surface area contributed by atoms with Crippen LogP contribution in [0.5, 0.6) is 0 Å². The van der Waals surface area contributed by atoms with Crippen LogP contribution < -0.4 is 0 Å². The molecular formula is C19H34O15. The predicted octanol–water partition coefficient (Wildman–Crippen LogP) is -6.91. The molecule has 2 saturated heterocycles. The summed E-state index contributed by atoms with van der Waals surface area (Å²) < 4.78 is 21.5. The summed E-state index contributed by atoms with van der Waals surface area (Å²) in [5.74, 6) is -0.844. The van der Waals surface area contributed by atoms with Gasteiger partial charge in [0.05, 0.1) is 25.4 Å². The molecule has 3 fully saturated rings. The molecule has 0 spiro atoms. The number of hydrogen-bond donors (Lipinski definition) is 11. The van der Waals surface area contributed by atoms with Gasteiger partial charge in [0, 0.05) is 12.5 Å². The van der Waals surface area contributed by atoms with Gasteiger partial charge < -0.3 is 75.1 Å². The molecule has 1 saturated carbocycles. The van der Waals surface area contributed by atoms with Crippen molar-refractivity contribution in [2.45, 2.75) is 92.2 Å². The first-order valence-electron chi connectivity index (χ1n) is 10.9. The number of aliphatic hydroxyl groups excluding tert-OH is 11. The van der Waals surface area contributed by atoms with Crippen LogP contribution in [0.15, 0.2) is 0 Å². The van der Waals surface area contributed by atoms with Gasteiger partial charge in [0.1, 0.15) is 61.0 Å². The van der Waals surface area contributed by atoms with Crippen molar-refractivity contribution in [1.82, 2.24) is 0 Å². The van der Waals surface area contributed by atoms with Crippen molar-refractivity contribution in [3.8, 4) is 0 Å². The van der Waals surface area contributed by atoms with Crippen molar-refractivity contribution in [1.29, 1.82) is 0 Å². The van der Waals surface area contributed by atoms with Crippen LogP contribution in [-0.4, -0.2) is 162 Å². The highest BCUT2D eigenvalue weighted by atomic mass is 16.7. The largest absolute Gasteiger partial charge is 0.396 e. The van der Waals surface area contributed by atoms with E-state index in [-0.39, 0.29) is 6.42 Å². The second kappa shape index (κ2) is 11.6. The van der Waals surface area contributed by atoms with E-state index in [1.165, 1.54) is 0 Å². The fraction of sp³-hybridized carbons (Fsp3) is 1.00. The quantitative estimate of drug-likeness (QED) is 0.154. The summed E-state index contributed by atoms with van der Waals surface area (Å²) in [5.41, 5.74) is 0. The Balaban J connectivity index is 1.72. The average Bonchev–Trinajstić information content (AvgIpc) is 2.83. The third-order valence-corrected chi connectivity index (χ3v) is 6.62. The smallest absolute Gasteiger partial charge is 0.187 e. The van der Waals surface area contributed by atoms with Crippen LogP contribution in [0, 0.1) is 5.92 Å². The highest BCUT2D eigenvalue weighted by Crippen LogP contribution is 2.33. The SMILES string of the molecule is OC[C@H]1C[C@H](O[C@H]2[C@H](O)[C@@H](O)[C@@H](O[C@H]3[C@H](O)[C@@H](O)[C@@H](O)O[C@@H]3CO)O[C@@H]2CO)[C@H](O)[C@@H](O)[C@@H]1O. The van der Waals surface area contributed by atoms with Gasteiger partial charge in [-0.1, -0.05) is 0 Å². The molecule has 11 N–H and O–H groups in total. The average molecular weight is 502 g/mol. The van der Waals surface area contributed by atoms with E-state index in [9.17, 15) is 56.2 Å². The van der Waals surface area contributed by atoms with Gasteiger partial charge in [0.25, 0.3) is 0 Å². The summed E-state index contributed by atoms with van der Waals surface area (Å²) in [5, 5.41) is 110. The van der Waals surface area contributed by atoms with Crippen molar-refractivity contribution in [3.05, 3.63) is 0 Å². The zero-order valence-electron chi connectivity index (χ0n) is 18.0. The number of aliphatic hydroxyl groups is 11. The van der Waals surface area contributed by atoms with Crippen molar-refractivity contribution < 1.29 is 75.1 Å². The first-order chi connectivity index (χ1) is 16.0. The number of hydrogen-bond acceptors (Lipinski definition) is 15. The van der Waals surface area contributed by atoms with Gasteiger partial charge >= 0.3 is 0 Å². The van der Waals surface area contributed by atoms with E-state index in [2.05, 4.69) is 0 Å². The van der Waals surface area contributed by atoms with Crippen molar-refractivity contribution >= 4 is 0 Å². The van der Waals surface area contributed by atoms with Gasteiger partial charge in [0.2, 0.25) is 0 Å². The Hall–Kier alpha value is -0.600. The fourth-order valence-corrected chi connectivity index (χ4v) is 4.52. The molecule has 0 aromatic carbocycles. The van der Waals surface area contributed by atoms with Crippen LogP contribution in [0.4, 0.5) is 0 Å². The molecule has 15 atom stereocenters. The molecule has 2 aliphatic heterocycles. The van der Waals surface area contributed by atoms with Gasteiger partial charge in [-0.15, -0.1) is 0 Å². The third kappa shape index (κ3) is 5.39. The lowest BCUT2D eigenvalue weighted by Gasteiger charge is -2.48. The molecule has 0 aromatic rings. The van der Waals surface area contributed by atoms with Crippen molar-refractivity contribution in [2.75, 3.05) is 19.8 Å². The van der Waals surface area contributed by atoms with Gasteiger partial charge in [-0.2, -0.15) is 0 Å². The summed E-state index contributed by atoms with van der Waals surface area (Å²) in [4.78, 5) is 0. The molecule has 0 amide bonds. The molecule has 200 valence electrons. The summed E-state index contributed by atoms with van der Waals surface area (Å²) in [6, 6.07) is 0. The molecule has 0 bridgehead atoms. The second-order valence-electron chi connectivity index (χ2n) is 8.83. The van der Waals surface area contributed by atoms with Crippen LogP contribution in [0.25, 0.3) is 0 Å². The van der Waals surface area contributed by atoms with E-state index < -0.39 is 112 Å². The van der Waals surface area contributed by atoms with Crippen LogP contribution in [0.2, 0.25) is 0 Å². The molecule has 0 aromatic heterocycles. The molecule has 15 heteroatoms. The van der Waals surface area contributed by atoms with E-state index >= 15 is 0 Å². The van der Waals surface area contributed by atoms with Gasteiger partial charge in [-0.3, -0.25) is 0 Å². The number of ether oxygens (including phenoxy) is 4. The first kappa shape index (κ1) is 28.0. The third-order valence-electron chi connectivity index (χ3n) is 6.62. The van der Waals surface area contributed by atoms with Gasteiger partial charge in [-0.05, 0) is 6.42 Å². The molecule has 1 aliphatic carbocycles. The summed E-state index contributed by atoms with van der Waals surface area (Å²) in [6.45, 7) is -2.03. The van der Waals surface area contributed by atoms with E-state index in [4.69, 9.17) is 18.9 Å². The zero-order valence-corrected chi connectivity index (χ0v) is 18.0. The lowest BCUT2D eigenvalue weighted by atomic mass is 9.81. The van der Waals surface area contributed by atoms with Crippen molar-refractivity contribution in [3.63, 3.8) is 0 Å². The highest BCUT2D eigenvalue weighted by molar-refractivity contribution is 4.98. The Morgan fingerprint density at radius 3 is 1.71 bits per heavy atom. The van der Waals surface area contributed by atoms with Crippen LogP contribution in [0.3, 0.4) is 0 Å². The Labute approximate surface area is 193 Å². The first-order valence-corrected chi connectivity index (χ1v) is 10.9. The van der Waals surface area contributed by atoms with Gasteiger partial charge in [-0.25, -0.2) is 0 Å². The minimum absolute atomic E-state index is 0.114. The standard InChI is InChI=1S/C19H34O15/c20-2-5-1-6(10(24)11(25)9(5)23)31-16-8(4-22)33-19(15(29)13(16)27)34-17-7(3-21)32-18(30)14(28)12(17)26/h5-30H,1-4H2/t5-,6+,7-,8-,9-,10+,11+,12-,13-,14-,15-,16-,17-,18+,19-/m1/s1. The van der Waals surface area contributed by atoms with E-state index in [1.807, 2.05) is 0 Å². The maximum atomic E-state index is 10.7. The normalized spacial score (nSPS) is 52.5. The predicted molar refractivity (Wildman–Crippen MR) is 104 cm³/mol. The van der Waals surface area contributed by atoms with E-state index in [1.54, 1.807) is 0 Å². The Morgan fingerprint density at radius 1 is 0.559 bits per heavy atom. The molecule has 3 aliphatic rings. The Morgan fingerprint density at radius 2 is 1.12 bits per heavy atom. The second-order valence-corrected chi connectivity index (χ2v) is 8.83. The molecular weight excluding hydrogens is 468 g/mol. The summed E-state index contributed by atoms with van der Waals surface area (Å²) >= 11 is 0. The topological polar surface area (TPSA) is 259 Å². The van der Waals surface area contributed by atoms with Crippen LogP contribution in [-0.2, 0) is 18.9 Å². The Kier molecular flexibility index (Phi) is 9.57. The van der Waals surface area contributed by atoms with E-state index in [0.717, 1.165) is 0 Å². The lowest BCUT2D eigenvalue weighted by Crippen LogP contribution is -2.66. The molecule has 2 heterocycles. The zero-order chi connectivity index (χ0) is 25.3.